The van der Waals surface area contributed by atoms with E-state index in [-0.39, 0.29) is 24.4 Å². The van der Waals surface area contributed by atoms with Gasteiger partial charge < -0.3 is 24.3 Å². The first-order chi connectivity index (χ1) is 20.7. The van der Waals surface area contributed by atoms with Gasteiger partial charge in [0.2, 0.25) is 0 Å². The Balaban J connectivity index is 1.61. The molecule has 2 aliphatic heterocycles. The van der Waals surface area contributed by atoms with Crippen molar-refractivity contribution in [1.29, 1.82) is 0 Å². The zero-order chi connectivity index (χ0) is 31.1. The van der Waals surface area contributed by atoms with Crippen LogP contribution in [0.4, 0.5) is 0 Å². The molecule has 0 fully saturated rings. The molecule has 1 amide bonds. The summed E-state index contributed by atoms with van der Waals surface area (Å²) in [5, 5.41) is 8.87. The third-order valence-corrected chi connectivity index (χ3v) is 7.10. The maximum Gasteiger partial charge on any atom is 0.337 e. The van der Waals surface area contributed by atoms with Gasteiger partial charge in [-0.05, 0) is 51.0 Å². The van der Waals surface area contributed by atoms with Gasteiger partial charge in [0.25, 0.3) is 5.91 Å². The summed E-state index contributed by atoms with van der Waals surface area (Å²) in [5.41, 5.74) is 2.86. The number of hydrogen-bond donors (Lipinski definition) is 1. The number of dihydropyridines is 1. The zero-order valence-electron chi connectivity index (χ0n) is 24.8. The van der Waals surface area contributed by atoms with Crippen molar-refractivity contribution in [3.63, 3.8) is 0 Å². The van der Waals surface area contributed by atoms with Gasteiger partial charge in [-0.2, -0.15) is 5.10 Å². The molecule has 0 aromatic heterocycles. The summed E-state index contributed by atoms with van der Waals surface area (Å²) < 4.78 is 21.1. The van der Waals surface area contributed by atoms with Crippen LogP contribution in [0.2, 0.25) is 0 Å². The first kappa shape index (κ1) is 31.0. The molecule has 1 N–H and O–H groups in total. The van der Waals surface area contributed by atoms with Gasteiger partial charge in [0.15, 0.2) is 6.61 Å². The van der Waals surface area contributed by atoms with E-state index in [1.165, 1.54) is 5.01 Å². The van der Waals surface area contributed by atoms with Crippen molar-refractivity contribution < 1.29 is 38.1 Å². The molecule has 11 heteroatoms. The highest BCUT2D eigenvalue weighted by atomic mass is 16.5. The summed E-state index contributed by atoms with van der Waals surface area (Å²) in [7, 11) is 1.57. The highest BCUT2D eigenvalue weighted by molar-refractivity contribution is 6.06. The molecule has 1 atom stereocenters. The number of carbonyl (C=O) groups is 4. The normalized spacial score (nSPS) is 16.8. The van der Waals surface area contributed by atoms with Crippen LogP contribution in [-0.4, -0.2) is 61.5 Å². The molecule has 0 bridgehead atoms. The third-order valence-electron chi connectivity index (χ3n) is 7.10. The molecular weight excluding hydrogens is 554 g/mol. The van der Waals surface area contributed by atoms with Crippen molar-refractivity contribution in [2.45, 2.75) is 40.2 Å². The van der Waals surface area contributed by atoms with E-state index in [1.807, 2.05) is 42.5 Å². The Bertz CT molecular complexity index is 1440. The topological polar surface area (TPSA) is 133 Å². The van der Waals surface area contributed by atoms with E-state index in [9.17, 15) is 19.2 Å². The Morgan fingerprint density at radius 1 is 0.860 bits per heavy atom. The number of rotatable bonds is 10. The number of hydrazone groups is 1. The number of nitrogens with zero attached hydrogens (tertiary/aromatic N) is 2. The van der Waals surface area contributed by atoms with Crippen LogP contribution in [-0.2, 0) is 33.4 Å². The van der Waals surface area contributed by atoms with Gasteiger partial charge in [0.1, 0.15) is 11.7 Å². The summed E-state index contributed by atoms with van der Waals surface area (Å²) in [6, 6.07) is 16.3. The molecular formula is C32H35N3O8. The van der Waals surface area contributed by atoms with E-state index >= 15 is 0 Å². The van der Waals surface area contributed by atoms with Crippen molar-refractivity contribution in [3.8, 4) is 5.75 Å². The van der Waals surface area contributed by atoms with E-state index in [0.717, 1.165) is 11.1 Å². The van der Waals surface area contributed by atoms with Crippen molar-refractivity contribution >= 4 is 29.5 Å². The average molecular weight is 590 g/mol. The van der Waals surface area contributed by atoms with Gasteiger partial charge in [0.05, 0.1) is 43.2 Å². The van der Waals surface area contributed by atoms with Crippen molar-refractivity contribution in [1.82, 2.24) is 10.3 Å². The molecule has 11 nitrogen and oxygen atoms in total. The second-order valence-electron chi connectivity index (χ2n) is 9.83. The highest BCUT2D eigenvalue weighted by Crippen LogP contribution is 2.35. The number of hydrogen-bond acceptors (Lipinski definition) is 10. The van der Waals surface area contributed by atoms with E-state index in [2.05, 4.69) is 10.4 Å². The van der Waals surface area contributed by atoms with Crippen molar-refractivity contribution in [3.05, 3.63) is 88.3 Å². The summed E-state index contributed by atoms with van der Waals surface area (Å²) in [6.07, 6.45) is 0.439. The summed E-state index contributed by atoms with van der Waals surface area (Å²) in [4.78, 5) is 53.0. The fraction of sp³-hybridized carbons (Fsp3) is 0.344. The van der Waals surface area contributed by atoms with E-state index in [1.54, 1.807) is 46.9 Å². The Morgan fingerprint density at radius 3 is 1.98 bits per heavy atom. The first-order valence-electron chi connectivity index (χ1n) is 14.0. The molecule has 43 heavy (non-hydrogen) atoms. The van der Waals surface area contributed by atoms with Gasteiger partial charge in [-0.3, -0.25) is 9.59 Å². The van der Waals surface area contributed by atoms with Crippen LogP contribution in [0.3, 0.4) is 0 Å². The Morgan fingerprint density at radius 2 is 1.44 bits per heavy atom. The summed E-state index contributed by atoms with van der Waals surface area (Å²) in [6.45, 7) is 5.86. The number of allylic oxidation sites excluding steroid dienone is 2. The third kappa shape index (κ3) is 6.77. The minimum atomic E-state index is -1.45. The largest absolute Gasteiger partial charge is 0.497 e. The second-order valence-corrected chi connectivity index (χ2v) is 9.83. The quantitative estimate of drug-likeness (QED) is 0.324. The average Bonchev–Trinajstić information content (AvgIpc) is 3.45. The second kappa shape index (κ2) is 13.8. The lowest BCUT2D eigenvalue weighted by Crippen LogP contribution is -2.39. The molecule has 1 unspecified atom stereocenters. The lowest BCUT2D eigenvalue weighted by atomic mass is 9.85. The molecule has 0 aliphatic carbocycles. The van der Waals surface area contributed by atoms with Gasteiger partial charge in [-0.25, -0.2) is 14.6 Å². The lowest BCUT2D eigenvalue weighted by Gasteiger charge is -2.29. The molecule has 2 heterocycles. The van der Waals surface area contributed by atoms with Gasteiger partial charge >= 0.3 is 17.9 Å². The standard InChI is InChI=1S/C32H35N3O8/c1-6-41-30(37)27-19(3)33-20(4)28(31(38)42-7-2)29(27)32(39)43-18-26(36)35-25(22-13-15-23(40-5)16-14-22)17-24(34-35)21-11-9-8-10-12-21/h8-16,25,29,33H,6-7,17-18H2,1-5H3. The lowest BCUT2D eigenvalue weighted by molar-refractivity contribution is -0.156. The smallest absolute Gasteiger partial charge is 0.337 e. The van der Waals surface area contributed by atoms with Gasteiger partial charge in [-0.1, -0.05) is 42.5 Å². The number of carbonyl (C=O) groups excluding carboxylic acids is 4. The number of amides is 1. The van der Waals surface area contributed by atoms with Crippen LogP contribution in [0, 0.1) is 5.92 Å². The van der Waals surface area contributed by atoms with Crippen LogP contribution in [0.5, 0.6) is 5.75 Å². The molecule has 0 radical (unpaired) electrons. The van der Waals surface area contributed by atoms with Crippen LogP contribution in [0.15, 0.2) is 82.2 Å². The molecule has 0 saturated carbocycles. The number of esters is 3. The van der Waals surface area contributed by atoms with Crippen molar-refractivity contribution in [2.24, 2.45) is 11.0 Å². The van der Waals surface area contributed by atoms with Crippen molar-refractivity contribution in [2.75, 3.05) is 26.9 Å². The minimum absolute atomic E-state index is 0.0523. The van der Waals surface area contributed by atoms with Crippen LogP contribution < -0.4 is 10.1 Å². The highest BCUT2D eigenvalue weighted by Gasteiger charge is 2.43. The predicted octanol–water partition coefficient (Wildman–Crippen LogP) is 3.81. The SMILES string of the molecule is CCOC(=O)C1=C(C)NC(C)=C(C(=O)OCC)C1C(=O)OCC(=O)N1N=C(c2ccccc2)CC1c1ccc(OC)cc1. The predicted molar refractivity (Wildman–Crippen MR) is 156 cm³/mol. The number of methoxy groups -OCH3 is 1. The molecule has 226 valence electrons. The van der Waals surface area contributed by atoms with Gasteiger partial charge in [0, 0.05) is 17.8 Å². The first-order valence-corrected chi connectivity index (χ1v) is 14.0. The Kier molecular flexibility index (Phi) is 9.97. The molecule has 4 rings (SSSR count). The summed E-state index contributed by atoms with van der Waals surface area (Å²) >= 11 is 0. The monoisotopic (exact) mass is 589 g/mol. The molecule has 0 spiro atoms. The molecule has 0 saturated heterocycles. The zero-order valence-corrected chi connectivity index (χ0v) is 24.8. The summed E-state index contributed by atoms with van der Waals surface area (Å²) in [5.74, 6) is -3.90. The number of ether oxygens (including phenoxy) is 4. The minimum Gasteiger partial charge on any atom is -0.497 e. The maximum absolute atomic E-state index is 13.6. The van der Waals surface area contributed by atoms with Gasteiger partial charge in [-0.15, -0.1) is 0 Å². The van der Waals surface area contributed by atoms with Crippen LogP contribution in [0.25, 0.3) is 0 Å². The Hall–Kier alpha value is -4.93. The molecule has 2 aliphatic rings. The van der Waals surface area contributed by atoms with E-state index < -0.39 is 42.4 Å². The Labute approximate surface area is 250 Å². The van der Waals surface area contributed by atoms with Crippen LogP contribution >= 0.6 is 0 Å². The van der Waals surface area contributed by atoms with E-state index in [0.29, 0.717) is 29.3 Å². The molecule has 2 aromatic rings. The fourth-order valence-corrected chi connectivity index (χ4v) is 5.10. The van der Waals surface area contributed by atoms with E-state index in [4.69, 9.17) is 18.9 Å². The number of benzene rings is 2. The fourth-order valence-electron chi connectivity index (χ4n) is 5.10. The molecule has 2 aromatic carbocycles. The number of nitrogens with one attached hydrogen (secondary N) is 1. The van der Waals surface area contributed by atoms with Crippen LogP contribution in [0.1, 0.15) is 51.3 Å². The maximum atomic E-state index is 13.6.